The maximum absolute atomic E-state index is 14.6. The van der Waals surface area contributed by atoms with E-state index in [0.29, 0.717) is 17.5 Å². The molecule has 132 heavy (non-hydrogen) atoms. The van der Waals surface area contributed by atoms with Gasteiger partial charge < -0.3 is 156 Å². The van der Waals surface area contributed by atoms with Crippen LogP contribution in [0.15, 0.2) is 84.9 Å². The molecule has 0 bridgehead atoms. The quantitative estimate of drug-likeness (QED) is 0.0142. The van der Waals surface area contributed by atoms with E-state index in [-0.39, 0.29) is 109 Å². The molecule has 3 aromatic rings. The maximum atomic E-state index is 14.6. The molecule has 15 atom stereocenters. The maximum Gasteiger partial charge on any atom is 0.326 e. The van der Waals surface area contributed by atoms with Gasteiger partial charge >= 0.3 is 5.97 Å². The van der Waals surface area contributed by atoms with Gasteiger partial charge in [0.15, 0.2) is 11.9 Å². The van der Waals surface area contributed by atoms with E-state index in [4.69, 9.17) is 51.0 Å². The summed E-state index contributed by atoms with van der Waals surface area (Å²) in [4.78, 5) is 256. The number of carboxylic acid groups (broad SMARTS) is 1. The molecule has 0 spiro atoms. The number of carboxylic acids is 1. The molecule has 0 saturated heterocycles. The van der Waals surface area contributed by atoms with Crippen molar-refractivity contribution < 1.29 is 112 Å². The number of rotatable bonds is 62. The molecule has 3 rings (SSSR count). The van der Waals surface area contributed by atoms with Crippen molar-refractivity contribution in [3.8, 4) is 5.75 Å². The molecule has 50 heteroatoms. The van der Waals surface area contributed by atoms with Gasteiger partial charge in [-0.1, -0.05) is 72.8 Å². The topological polar surface area (TPSA) is 852 Å². The molecule has 3 aromatic carbocycles. The van der Waals surface area contributed by atoms with E-state index in [1.807, 2.05) is 0 Å². The average Bonchev–Trinajstić information content (AvgIpc) is 0.848. The van der Waals surface area contributed by atoms with Crippen LogP contribution < -0.4 is 136 Å². The van der Waals surface area contributed by atoms with Crippen molar-refractivity contribution >= 4 is 124 Å². The lowest BCUT2D eigenvalue weighted by molar-refractivity contribution is -0.143. The Labute approximate surface area is 760 Å². The third-order valence-corrected chi connectivity index (χ3v) is 19.8. The van der Waals surface area contributed by atoms with Crippen LogP contribution in [0.4, 0.5) is 0 Å². The molecular formula is C82H127N27O23. The third-order valence-electron chi connectivity index (χ3n) is 19.8. The number of unbranched alkanes of at least 4 members (excludes halogenated alkanes) is 2. The Bertz CT molecular complexity index is 4400. The number of benzene rings is 3. The first-order chi connectivity index (χ1) is 62.4. The Morgan fingerprint density at radius 2 is 0.705 bits per heavy atom. The lowest BCUT2D eigenvalue weighted by Crippen LogP contribution is -2.61. The second-order valence-electron chi connectivity index (χ2n) is 30.9. The number of primary amides is 2. The van der Waals surface area contributed by atoms with Crippen molar-refractivity contribution in [2.24, 2.45) is 40.1 Å². The number of nitrogens with one attached hydrogen (secondary N) is 20. The Hall–Kier alpha value is -14.3. The van der Waals surface area contributed by atoms with Crippen LogP contribution in [0, 0.1) is 10.8 Å². The molecule has 0 heterocycles. The van der Waals surface area contributed by atoms with Crippen molar-refractivity contribution in [3.63, 3.8) is 0 Å². The van der Waals surface area contributed by atoms with Gasteiger partial charge in [-0.05, 0) is 147 Å². The van der Waals surface area contributed by atoms with E-state index in [2.05, 4.69) is 95.7 Å². The number of aromatic hydroxyl groups is 1. The fourth-order valence-electron chi connectivity index (χ4n) is 12.5. The number of amides is 18. The van der Waals surface area contributed by atoms with Crippen LogP contribution in [-0.2, 0) is 110 Å². The number of nitrogens with two attached hydrogens (primary N) is 7. The summed E-state index contributed by atoms with van der Waals surface area (Å²) >= 11 is 0. The molecule has 0 aliphatic carbocycles. The Morgan fingerprint density at radius 3 is 1.14 bits per heavy atom. The van der Waals surface area contributed by atoms with E-state index in [1.54, 1.807) is 60.7 Å². The predicted molar refractivity (Wildman–Crippen MR) is 474 cm³/mol. The largest absolute Gasteiger partial charge is 0.508 e. The number of aliphatic hydroxyl groups excluding tert-OH is 2. The highest BCUT2D eigenvalue weighted by Crippen LogP contribution is 2.15. The first-order valence-electron chi connectivity index (χ1n) is 42.5. The predicted octanol–water partition coefficient (Wildman–Crippen LogP) is -11.2. The van der Waals surface area contributed by atoms with Crippen LogP contribution in [0.2, 0.25) is 0 Å². The zero-order valence-electron chi connectivity index (χ0n) is 73.8. The summed E-state index contributed by atoms with van der Waals surface area (Å²) in [5, 5.41) is 99.6. The molecule has 0 saturated carbocycles. The van der Waals surface area contributed by atoms with Crippen LogP contribution in [0.1, 0.15) is 128 Å². The molecule has 728 valence electrons. The number of phenols is 1. The molecule has 0 aromatic heterocycles. The summed E-state index contributed by atoms with van der Waals surface area (Å²) in [6, 6.07) is 0.424. The van der Waals surface area contributed by atoms with Crippen molar-refractivity contribution in [1.82, 2.24) is 95.7 Å². The number of hydrogen-bond acceptors (Lipinski definition) is 27. The summed E-state index contributed by atoms with van der Waals surface area (Å²) in [5.74, 6) is -20.8. The number of phenolic OH excluding ortho intramolecular Hbond substituents is 1. The molecule has 0 aliphatic rings. The average molecular weight is 1860 g/mol. The highest BCUT2D eigenvalue weighted by molar-refractivity contribution is 6.01. The number of aliphatic hydroxyl groups is 2. The number of hydrogen-bond donors (Lipinski definition) is 31. The van der Waals surface area contributed by atoms with Gasteiger partial charge in [-0.3, -0.25) is 97.1 Å². The first-order valence-corrected chi connectivity index (χ1v) is 42.5. The molecule has 0 aliphatic heterocycles. The van der Waals surface area contributed by atoms with Crippen LogP contribution in [0.3, 0.4) is 0 Å². The van der Waals surface area contributed by atoms with E-state index in [0.717, 1.165) is 26.3 Å². The minimum absolute atomic E-state index is 0.00256. The number of aliphatic carboxylic acids is 1. The summed E-state index contributed by atoms with van der Waals surface area (Å²) in [5.41, 5.74) is 40.7. The van der Waals surface area contributed by atoms with Crippen molar-refractivity contribution in [3.05, 3.63) is 102 Å². The standard InChI is InChI=1S/C82H127N27O23/c1-43(97-64(116)41-96-79(130)66(46(4)111)109-77(128)57(36-48-19-9-6-10-20-48)100-65(117)40-94-63(115)39-95-70(121)51(85)35-47-17-7-5-8-18-47)67(118)101-54(23-15-33-92-81(88)89)71(122)104-53(22-12-14-32-84)74(125)108-60(42-110)78(129)99-44(2)68(119)102-55(24-16-34-93-82(90)91)72(123)103-52(21-11-13-31-83)73(124)107-58(37-49-25-27-50(112)28-26-49)75(126)98-45(3)69(120)106-59(38-62(87)114)76(127)105-56(80(131)132)29-30-61(86)113/h5-10,17-20,25-28,43-46,51-60,66,110-112H,11-16,21-24,29-42,83-85H2,1-4H3,(H2,86,113)(H2,87,114)(H,94,115)(H,95,121)(H,96,130)(H,97,116)(H,98,126)(H,99,129)(H,100,117)(H,101,118)(H,102,119)(H,103,123)(H,104,122)(H,105,127)(H,106,120)(H,107,124)(H,108,125)(H,109,128)(H,131,132)(H4,88,89,92)(H4,90,91,93)/t43-,44-,45-,46?,51-,52-,53-,54-,55-,56-,57-,58-,59-,60-,66-/m0/s1. The molecule has 18 amide bonds. The zero-order chi connectivity index (χ0) is 98.7. The second-order valence-corrected chi connectivity index (χ2v) is 30.9. The van der Waals surface area contributed by atoms with Crippen LogP contribution in [-0.4, -0.2) is 288 Å². The van der Waals surface area contributed by atoms with Gasteiger partial charge in [0, 0.05) is 32.4 Å². The third kappa shape index (κ3) is 44.2. The van der Waals surface area contributed by atoms with E-state index in [9.17, 15) is 112 Å². The van der Waals surface area contributed by atoms with Gasteiger partial charge in [0.05, 0.1) is 44.8 Å². The minimum Gasteiger partial charge on any atom is -0.508 e. The fourth-order valence-corrected chi connectivity index (χ4v) is 12.5. The van der Waals surface area contributed by atoms with Crippen molar-refractivity contribution in [1.29, 1.82) is 10.8 Å². The highest BCUT2D eigenvalue weighted by atomic mass is 16.4. The van der Waals surface area contributed by atoms with Gasteiger partial charge in [-0.15, -0.1) is 0 Å². The molecule has 50 nitrogen and oxygen atoms in total. The van der Waals surface area contributed by atoms with Gasteiger partial charge in [0.25, 0.3) is 0 Å². The lowest BCUT2D eigenvalue weighted by atomic mass is 10.0. The van der Waals surface area contributed by atoms with Crippen LogP contribution in [0.5, 0.6) is 5.75 Å². The Balaban J connectivity index is 1.80. The SMILES string of the molecule is CC(O)[C@H](NC(=O)[C@H](Cc1ccccc1)NC(=O)CNC(=O)CNC(=O)[C@@H](N)Cc1ccccc1)C(=O)NCC(=O)N[C@@H](C)C(=O)N[C@@H](CCCNC(=N)N)C(=O)N[C@@H](CCCCN)C(=O)N[C@@H](CO)C(=O)N[C@@H](C)C(=O)N[C@@H](CCCNC(=N)N)C(=O)N[C@@H](CCCCN)C(=O)N[C@@H](Cc1ccc(O)cc1)C(=O)N[C@@H](C)C(=O)N[C@@H](CC(N)=O)C(=O)N[C@@H](CCC(N)=O)C(=O)O. The van der Waals surface area contributed by atoms with Gasteiger partial charge in [0.1, 0.15) is 84.3 Å². The molecule has 38 N–H and O–H groups in total. The molecule has 0 fully saturated rings. The molecule has 0 radical (unpaired) electrons. The summed E-state index contributed by atoms with van der Waals surface area (Å²) < 4.78 is 0. The fraction of sp³-hybridized carbons (Fsp3) is 0.524. The molecular weight excluding hydrogens is 1730 g/mol. The zero-order valence-corrected chi connectivity index (χ0v) is 73.8. The van der Waals surface area contributed by atoms with Gasteiger partial charge in [0.2, 0.25) is 106 Å². The summed E-state index contributed by atoms with van der Waals surface area (Å²) in [7, 11) is 0. The Kier molecular flexibility index (Phi) is 50.7. The number of carbonyl (C=O) groups excluding carboxylic acids is 18. The smallest absolute Gasteiger partial charge is 0.326 e. The summed E-state index contributed by atoms with van der Waals surface area (Å²) in [6.45, 7) is 1.61. The van der Waals surface area contributed by atoms with Gasteiger partial charge in [-0.2, -0.15) is 0 Å². The number of carbonyl (C=O) groups is 19. The lowest BCUT2D eigenvalue weighted by Gasteiger charge is -2.27. The number of guanidine groups is 2. The first kappa shape index (κ1) is 112. The minimum atomic E-state index is -1.87. The Morgan fingerprint density at radius 1 is 0.348 bits per heavy atom. The normalized spacial score (nSPS) is 14.3. The van der Waals surface area contributed by atoms with Crippen LogP contribution in [0.25, 0.3) is 0 Å². The van der Waals surface area contributed by atoms with E-state index < -0.39 is 260 Å². The molecule has 1 unspecified atom stereocenters. The monoisotopic (exact) mass is 1860 g/mol. The van der Waals surface area contributed by atoms with Gasteiger partial charge in [-0.25, -0.2) is 4.79 Å². The van der Waals surface area contributed by atoms with Crippen LogP contribution >= 0.6 is 0 Å². The van der Waals surface area contributed by atoms with E-state index in [1.165, 1.54) is 31.2 Å². The van der Waals surface area contributed by atoms with Crippen molar-refractivity contribution in [2.45, 2.75) is 221 Å². The second kappa shape index (κ2) is 59.8. The van der Waals surface area contributed by atoms with E-state index >= 15 is 0 Å². The van der Waals surface area contributed by atoms with Crippen molar-refractivity contribution in [2.75, 3.05) is 52.4 Å². The summed E-state index contributed by atoms with van der Waals surface area (Å²) in [6.07, 6.45) is -3.62. The highest BCUT2D eigenvalue weighted by Gasteiger charge is 2.38.